The third kappa shape index (κ3) is 6.51. The zero-order valence-electron chi connectivity index (χ0n) is 21.1. The molecule has 0 aromatic heterocycles. The van der Waals surface area contributed by atoms with Crippen LogP contribution in [0, 0.1) is 5.82 Å². The Balaban J connectivity index is 1.28. The van der Waals surface area contributed by atoms with Gasteiger partial charge in [-0.2, -0.15) is 0 Å². The molecule has 2 atom stereocenters. The monoisotopic (exact) mass is 509 g/mol. The van der Waals surface area contributed by atoms with Gasteiger partial charge in [-0.15, -0.1) is 0 Å². The topological polar surface area (TPSA) is 67.9 Å². The first kappa shape index (κ1) is 26.7. The number of hydrogen-bond donors (Lipinski definition) is 2. The molecule has 2 unspecified atom stereocenters. The first-order valence-corrected chi connectivity index (χ1v) is 13.3. The number of piperazine rings is 1. The maximum absolute atomic E-state index is 15.0. The van der Waals surface area contributed by atoms with Crippen molar-refractivity contribution in [3.63, 3.8) is 0 Å². The van der Waals surface area contributed by atoms with Crippen LogP contribution in [0.2, 0.25) is 0 Å². The fourth-order valence-corrected chi connectivity index (χ4v) is 5.56. The van der Waals surface area contributed by atoms with Crippen molar-refractivity contribution in [1.82, 2.24) is 15.1 Å². The number of carbonyl (C=O) groups is 2. The minimum atomic E-state index is -2.75. The molecule has 0 spiro atoms. The van der Waals surface area contributed by atoms with Gasteiger partial charge in [-0.1, -0.05) is 26.2 Å². The van der Waals surface area contributed by atoms with Crippen molar-refractivity contribution in [3.05, 3.63) is 24.0 Å². The molecule has 3 aliphatic heterocycles. The van der Waals surface area contributed by atoms with E-state index < -0.39 is 29.7 Å². The van der Waals surface area contributed by atoms with Crippen molar-refractivity contribution in [3.8, 4) is 0 Å². The highest BCUT2D eigenvalue weighted by Gasteiger charge is 2.47. The Labute approximate surface area is 211 Å². The van der Waals surface area contributed by atoms with Crippen molar-refractivity contribution in [2.75, 3.05) is 56.0 Å². The minimum absolute atomic E-state index is 0.180. The summed E-state index contributed by atoms with van der Waals surface area (Å²) in [6.07, 6.45) is 5.41. The summed E-state index contributed by atoms with van der Waals surface area (Å²) in [4.78, 5) is 28.9. The molecule has 10 heteroatoms. The first-order chi connectivity index (χ1) is 17.3. The van der Waals surface area contributed by atoms with E-state index in [0.717, 1.165) is 32.2 Å². The number of unbranched alkanes of at least 4 members (excludes halogenated alkanes) is 3. The van der Waals surface area contributed by atoms with Crippen LogP contribution in [-0.4, -0.2) is 85.4 Å². The lowest BCUT2D eigenvalue weighted by Gasteiger charge is -2.46. The quantitative estimate of drug-likeness (QED) is 0.393. The largest absolute Gasteiger partial charge is 0.374 e. The molecular formula is C26H38F3N5O2. The summed E-state index contributed by atoms with van der Waals surface area (Å²) in [5.41, 5.74) is 0.891. The van der Waals surface area contributed by atoms with Crippen LogP contribution in [-0.2, 0) is 9.59 Å². The van der Waals surface area contributed by atoms with E-state index in [0.29, 0.717) is 56.9 Å². The van der Waals surface area contributed by atoms with Crippen LogP contribution in [0.4, 0.5) is 24.5 Å². The van der Waals surface area contributed by atoms with E-state index in [1.165, 1.54) is 6.07 Å². The lowest BCUT2D eigenvalue weighted by Crippen LogP contribution is -2.62. The van der Waals surface area contributed by atoms with Crippen LogP contribution in [0.3, 0.4) is 0 Å². The van der Waals surface area contributed by atoms with Gasteiger partial charge in [0.25, 0.3) is 5.92 Å². The number of rotatable bonds is 9. The second kappa shape index (κ2) is 11.8. The van der Waals surface area contributed by atoms with Gasteiger partial charge in [0.1, 0.15) is 11.9 Å². The van der Waals surface area contributed by atoms with E-state index in [1.54, 1.807) is 12.1 Å². The third-order valence-corrected chi connectivity index (χ3v) is 7.59. The molecular weight excluding hydrogens is 471 g/mol. The number of amides is 2. The number of likely N-dealkylation sites (tertiary alicyclic amines) is 1. The van der Waals surface area contributed by atoms with E-state index in [4.69, 9.17) is 0 Å². The number of alkyl halides is 2. The summed E-state index contributed by atoms with van der Waals surface area (Å²) in [6, 6.07) is 3.36. The Kier molecular flexibility index (Phi) is 8.77. The van der Waals surface area contributed by atoms with Gasteiger partial charge in [0.05, 0.1) is 18.3 Å². The Bertz CT molecular complexity index is 923. The number of benzene rings is 1. The molecule has 2 N–H and O–H groups in total. The molecule has 0 radical (unpaired) electrons. The van der Waals surface area contributed by atoms with Gasteiger partial charge in [-0.25, -0.2) is 13.2 Å². The Morgan fingerprint density at radius 3 is 2.50 bits per heavy atom. The number of nitrogens with zero attached hydrogens (tertiary/aromatic N) is 3. The third-order valence-electron chi connectivity index (χ3n) is 7.59. The molecule has 3 fully saturated rings. The summed E-state index contributed by atoms with van der Waals surface area (Å²) in [7, 11) is 0. The van der Waals surface area contributed by atoms with Crippen LogP contribution >= 0.6 is 0 Å². The van der Waals surface area contributed by atoms with E-state index in [2.05, 4.69) is 17.6 Å². The Morgan fingerprint density at radius 1 is 1.06 bits per heavy atom. The van der Waals surface area contributed by atoms with Crippen LogP contribution in [0.1, 0.15) is 51.9 Å². The average Bonchev–Trinajstić information content (AvgIpc) is 2.84. The van der Waals surface area contributed by atoms with Crippen LogP contribution in [0.25, 0.3) is 0 Å². The van der Waals surface area contributed by atoms with Gasteiger partial charge in [-0.05, 0) is 44.0 Å². The molecule has 3 aliphatic rings. The van der Waals surface area contributed by atoms with Crippen molar-refractivity contribution in [2.45, 2.75) is 69.9 Å². The normalized spacial score (nSPS) is 25.6. The predicted molar refractivity (Wildman–Crippen MR) is 134 cm³/mol. The zero-order valence-corrected chi connectivity index (χ0v) is 21.1. The fraction of sp³-hybridized carbons (Fsp3) is 0.692. The van der Waals surface area contributed by atoms with Gasteiger partial charge in [0.15, 0.2) is 0 Å². The fourth-order valence-electron chi connectivity index (χ4n) is 5.56. The van der Waals surface area contributed by atoms with Crippen molar-refractivity contribution in [1.29, 1.82) is 0 Å². The van der Waals surface area contributed by atoms with Crippen molar-refractivity contribution >= 4 is 23.2 Å². The molecule has 3 heterocycles. The highest BCUT2D eigenvalue weighted by molar-refractivity contribution is 6.01. The molecule has 7 nitrogen and oxygen atoms in total. The second-order valence-corrected chi connectivity index (χ2v) is 10.2. The molecule has 0 bridgehead atoms. The molecule has 36 heavy (non-hydrogen) atoms. The Morgan fingerprint density at radius 2 is 1.83 bits per heavy atom. The zero-order chi connectivity index (χ0) is 25.7. The molecule has 0 aliphatic carbocycles. The van der Waals surface area contributed by atoms with Gasteiger partial charge < -0.3 is 10.2 Å². The van der Waals surface area contributed by atoms with Crippen LogP contribution < -0.4 is 15.5 Å². The number of carbonyl (C=O) groups excluding carboxylic acids is 2. The van der Waals surface area contributed by atoms with E-state index in [-0.39, 0.29) is 18.9 Å². The van der Waals surface area contributed by atoms with Crippen LogP contribution in [0.5, 0.6) is 0 Å². The Hall–Kier alpha value is -2.33. The number of nitrogens with one attached hydrogen (secondary N) is 2. The smallest absolute Gasteiger partial charge is 0.275 e. The van der Waals surface area contributed by atoms with Gasteiger partial charge in [0.2, 0.25) is 11.8 Å². The lowest BCUT2D eigenvalue weighted by molar-refractivity contribution is -0.133. The summed E-state index contributed by atoms with van der Waals surface area (Å²) >= 11 is 0. The van der Waals surface area contributed by atoms with Crippen molar-refractivity contribution in [2.24, 2.45) is 0 Å². The maximum Gasteiger partial charge on any atom is 0.275 e. The van der Waals surface area contributed by atoms with Gasteiger partial charge >= 0.3 is 0 Å². The summed E-state index contributed by atoms with van der Waals surface area (Å²) in [5.74, 6) is -3.89. The van der Waals surface area contributed by atoms with E-state index >= 15 is 8.78 Å². The molecule has 3 saturated heterocycles. The molecule has 4 rings (SSSR count). The predicted octanol–water partition coefficient (Wildman–Crippen LogP) is 3.45. The SMILES string of the molecule is CCCCCCN1CCC(N2CCN(c3ccc(NC4CCC(=O)NC4=O)cc3F)CC2)C(F)(F)C1. The number of anilines is 2. The number of hydrogen-bond acceptors (Lipinski definition) is 6. The molecule has 200 valence electrons. The standard InChI is InChI=1S/C26H38F3N5O2/c1-2-3-4-5-11-32-12-10-23(26(28,29)18-32)34-15-13-33(14-16-34)22-8-6-19(17-20(22)27)30-21-7-9-24(35)31-25(21)36/h6,8,17,21,23,30H,2-5,7,9-16,18H2,1H3,(H,31,35,36). The minimum Gasteiger partial charge on any atom is -0.374 e. The second-order valence-electron chi connectivity index (χ2n) is 10.2. The highest BCUT2D eigenvalue weighted by atomic mass is 19.3. The first-order valence-electron chi connectivity index (χ1n) is 13.3. The summed E-state index contributed by atoms with van der Waals surface area (Å²) < 4.78 is 45.0. The summed E-state index contributed by atoms with van der Waals surface area (Å²) in [5, 5.41) is 5.26. The van der Waals surface area contributed by atoms with Crippen molar-refractivity contribution < 1.29 is 22.8 Å². The van der Waals surface area contributed by atoms with E-state index in [9.17, 15) is 14.0 Å². The summed E-state index contributed by atoms with van der Waals surface area (Å²) in [6.45, 7) is 5.28. The number of halogens is 3. The maximum atomic E-state index is 15.0. The molecule has 1 aromatic carbocycles. The number of imide groups is 1. The van der Waals surface area contributed by atoms with Gasteiger partial charge in [0, 0.05) is 44.8 Å². The average molecular weight is 510 g/mol. The molecule has 0 saturated carbocycles. The molecule has 2 amide bonds. The van der Waals surface area contributed by atoms with Gasteiger partial charge in [-0.3, -0.25) is 24.7 Å². The highest BCUT2D eigenvalue weighted by Crippen LogP contribution is 2.33. The van der Waals surface area contributed by atoms with E-state index in [1.807, 2.05) is 14.7 Å². The van der Waals surface area contributed by atoms with Crippen LogP contribution in [0.15, 0.2) is 18.2 Å². The molecule has 1 aromatic rings. The number of piperidine rings is 2. The lowest BCUT2D eigenvalue weighted by atomic mass is 9.97.